The number of phenols is 1. The molecule has 0 aromatic heterocycles. The number of aromatic hydroxyl groups is 1. The molecule has 1 aliphatic rings. The standard InChI is InChI=1S/C14H21BrN2O/c15-13-10-12(4-5-14(13)18)11-16-6-3-9-17-7-1-2-8-17/h4-5,10,16,18H,1-3,6-9,11H2. The van der Waals surface area contributed by atoms with Crippen LogP contribution < -0.4 is 5.32 Å². The lowest BCUT2D eigenvalue weighted by Gasteiger charge is -2.14. The van der Waals surface area contributed by atoms with E-state index in [1.807, 2.05) is 12.1 Å². The van der Waals surface area contributed by atoms with E-state index in [4.69, 9.17) is 0 Å². The molecule has 0 saturated carbocycles. The van der Waals surface area contributed by atoms with Crippen LogP contribution in [0.3, 0.4) is 0 Å². The molecule has 2 rings (SSSR count). The second-order valence-electron chi connectivity index (χ2n) is 4.86. The molecule has 0 unspecified atom stereocenters. The zero-order valence-corrected chi connectivity index (χ0v) is 12.2. The van der Waals surface area contributed by atoms with Crippen molar-refractivity contribution < 1.29 is 5.11 Å². The van der Waals surface area contributed by atoms with Crippen LogP contribution in [0.4, 0.5) is 0 Å². The summed E-state index contributed by atoms with van der Waals surface area (Å²) >= 11 is 3.33. The molecule has 0 spiro atoms. The van der Waals surface area contributed by atoms with Crippen LogP contribution in [-0.2, 0) is 6.54 Å². The first-order chi connectivity index (χ1) is 8.75. The van der Waals surface area contributed by atoms with Crippen molar-refractivity contribution >= 4 is 15.9 Å². The van der Waals surface area contributed by atoms with Gasteiger partial charge in [0.15, 0.2) is 0 Å². The maximum absolute atomic E-state index is 9.40. The van der Waals surface area contributed by atoms with E-state index in [0.717, 1.165) is 17.6 Å². The van der Waals surface area contributed by atoms with E-state index in [1.165, 1.54) is 44.5 Å². The van der Waals surface area contributed by atoms with Gasteiger partial charge in [-0.3, -0.25) is 0 Å². The Morgan fingerprint density at radius 3 is 2.78 bits per heavy atom. The number of hydrogen-bond acceptors (Lipinski definition) is 3. The molecular formula is C14H21BrN2O. The topological polar surface area (TPSA) is 35.5 Å². The van der Waals surface area contributed by atoms with Crippen LogP contribution >= 0.6 is 15.9 Å². The Hall–Kier alpha value is -0.580. The molecule has 4 heteroatoms. The van der Waals surface area contributed by atoms with Gasteiger partial charge in [0.25, 0.3) is 0 Å². The van der Waals surface area contributed by atoms with Crippen LogP contribution in [0.25, 0.3) is 0 Å². The summed E-state index contributed by atoms with van der Waals surface area (Å²) in [6.45, 7) is 5.69. The second kappa shape index (κ2) is 7.12. The molecule has 1 saturated heterocycles. The fraction of sp³-hybridized carbons (Fsp3) is 0.571. The number of hydrogen-bond donors (Lipinski definition) is 2. The van der Waals surface area contributed by atoms with Crippen molar-refractivity contribution in [2.24, 2.45) is 0 Å². The Kier molecular flexibility index (Phi) is 5.47. The van der Waals surface area contributed by atoms with E-state index in [1.54, 1.807) is 6.07 Å². The Morgan fingerprint density at radius 1 is 1.28 bits per heavy atom. The van der Waals surface area contributed by atoms with Crippen LogP contribution in [0, 0.1) is 0 Å². The smallest absolute Gasteiger partial charge is 0.129 e. The second-order valence-corrected chi connectivity index (χ2v) is 5.72. The molecule has 0 aliphatic carbocycles. The van der Waals surface area contributed by atoms with Crippen molar-refractivity contribution in [3.8, 4) is 5.75 Å². The number of phenolic OH excluding ortho intramolecular Hbond substituents is 1. The molecule has 3 nitrogen and oxygen atoms in total. The van der Waals surface area contributed by atoms with Gasteiger partial charge in [0.2, 0.25) is 0 Å². The summed E-state index contributed by atoms with van der Waals surface area (Å²) in [6, 6.07) is 5.64. The minimum Gasteiger partial charge on any atom is -0.507 e. The number of likely N-dealkylation sites (tertiary alicyclic amines) is 1. The average Bonchev–Trinajstić information content (AvgIpc) is 2.86. The molecule has 18 heavy (non-hydrogen) atoms. The number of nitrogens with one attached hydrogen (secondary N) is 1. The largest absolute Gasteiger partial charge is 0.507 e. The van der Waals surface area contributed by atoms with Gasteiger partial charge >= 0.3 is 0 Å². The van der Waals surface area contributed by atoms with Crippen LogP contribution in [-0.4, -0.2) is 36.2 Å². The molecule has 0 radical (unpaired) electrons. The number of rotatable bonds is 6. The Balaban J connectivity index is 1.61. The molecule has 1 aliphatic heterocycles. The summed E-state index contributed by atoms with van der Waals surface area (Å²) in [6.07, 6.45) is 3.95. The minimum absolute atomic E-state index is 0.299. The Bertz CT molecular complexity index is 378. The van der Waals surface area contributed by atoms with Crippen LogP contribution in [0.15, 0.2) is 22.7 Å². The minimum atomic E-state index is 0.299. The summed E-state index contributed by atoms with van der Waals surface area (Å²) in [7, 11) is 0. The van der Waals surface area contributed by atoms with Crippen LogP contribution in [0.1, 0.15) is 24.8 Å². The van der Waals surface area contributed by atoms with E-state index >= 15 is 0 Å². The summed E-state index contributed by atoms with van der Waals surface area (Å²) in [4.78, 5) is 2.54. The van der Waals surface area contributed by atoms with Crippen LogP contribution in [0.2, 0.25) is 0 Å². The van der Waals surface area contributed by atoms with Crippen molar-refractivity contribution in [2.45, 2.75) is 25.8 Å². The summed E-state index contributed by atoms with van der Waals surface area (Å²) < 4.78 is 0.763. The zero-order valence-electron chi connectivity index (χ0n) is 10.7. The predicted octanol–water partition coefficient (Wildman–Crippen LogP) is 2.73. The van der Waals surface area contributed by atoms with Crippen molar-refractivity contribution in [1.82, 2.24) is 10.2 Å². The number of nitrogens with zero attached hydrogens (tertiary/aromatic N) is 1. The lowest BCUT2D eigenvalue weighted by molar-refractivity contribution is 0.331. The molecule has 0 atom stereocenters. The van der Waals surface area contributed by atoms with Gasteiger partial charge in [-0.05, 0) is 79.1 Å². The van der Waals surface area contributed by atoms with Gasteiger partial charge in [-0.25, -0.2) is 0 Å². The third kappa shape index (κ3) is 4.26. The summed E-state index contributed by atoms with van der Waals surface area (Å²) in [5, 5.41) is 12.8. The van der Waals surface area contributed by atoms with Gasteiger partial charge < -0.3 is 15.3 Å². The molecule has 1 heterocycles. The molecule has 100 valence electrons. The van der Waals surface area contributed by atoms with Gasteiger partial charge in [0, 0.05) is 6.54 Å². The lowest BCUT2D eigenvalue weighted by atomic mass is 10.2. The first-order valence-corrected chi connectivity index (χ1v) is 7.45. The SMILES string of the molecule is Oc1ccc(CNCCCN2CCCC2)cc1Br. The fourth-order valence-electron chi connectivity index (χ4n) is 2.33. The maximum Gasteiger partial charge on any atom is 0.129 e. The first kappa shape index (κ1) is 13.8. The van der Waals surface area contributed by atoms with Gasteiger partial charge in [0.05, 0.1) is 4.47 Å². The molecule has 1 fully saturated rings. The van der Waals surface area contributed by atoms with Crippen LogP contribution in [0.5, 0.6) is 5.75 Å². The highest BCUT2D eigenvalue weighted by Gasteiger charge is 2.09. The summed E-state index contributed by atoms with van der Waals surface area (Å²) in [5.74, 6) is 0.299. The normalized spacial score (nSPS) is 16.3. The first-order valence-electron chi connectivity index (χ1n) is 6.66. The van der Waals surface area contributed by atoms with Crippen molar-refractivity contribution in [2.75, 3.05) is 26.2 Å². The quantitative estimate of drug-likeness (QED) is 0.793. The van der Waals surface area contributed by atoms with E-state index in [9.17, 15) is 5.11 Å². The molecule has 2 N–H and O–H groups in total. The van der Waals surface area contributed by atoms with Gasteiger partial charge in [-0.2, -0.15) is 0 Å². The van der Waals surface area contributed by atoms with E-state index < -0.39 is 0 Å². The number of benzene rings is 1. The Morgan fingerprint density at radius 2 is 2.06 bits per heavy atom. The molecule has 0 bridgehead atoms. The molecule has 1 aromatic rings. The maximum atomic E-state index is 9.40. The highest BCUT2D eigenvalue weighted by Crippen LogP contribution is 2.24. The predicted molar refractivity (Wildman–Crippen MR) is 77.8 cm³/mol. The third-order valence-corrected chi connectivity index (χ3v) is 4.00. The highest BCUT2D eigenvalue weighted by atomic mass is 79.9. The van der Waals surface area contributed by atoms with Crippen molar-refractivity contribution in [1.29, 1.82) is 0 Å². The summed E-state index contributed by atoms with van der Waals surface area (Å²) in [5.41, 5.74) is 1.20. The van der Waals surface area contributed by atoms with E-state index in [2.05, 4.69) is 26.1 Å². The average molecular weight is 313 g/mol. The highest BCUT2D eigenvalue weighted by molar-refractivity contribution is 9.10. The van der Waals surface area contributed by atoms with E-state index in [-0.39, 0.29) is 0 Å². The molecule has 0 amide bonds. The lowest BCUT2D eigenvalue weighted by Crippen LogP contribution is -2.24. The van der Waals surface area contributed by atoms with Gasteiger partial charge in [-0.15, -0.1) is 0 Å². The van der Waals surface area contributed by atoms with Crippen molar-refractivity contribution in [3.05, 3.63) is 28.2 Å². The van der Waals surface area contributed by atoms with Gasteiger partial charge in [-0.1, -0.05) is 6.07 Å². The number of halogens is 1. The van der Waals surface area contributed by atoms with Crippen molar-refractivity contribution in [3.63, 3.8) is 0 Å². The van der Waals surface area contributed by atoms with Gasteiger partial charge in [0.1, 0.15) is 5.75 Å². The monoisotopic (exact) mass is 312 g/mol. The Labute approximate surface area is 117 Å². The van der Waals surface area contributed by atoms with E-state index in [0.29, 0.717) is 5.75 Å². The zero-order chi connectivity index (χ0) is 12.8. The molecular weight excluding hydrogens is 292 g/mol. The third-order valence-electron chi connectivity index (χ3n) is 3.37. The molecule has 1 aromatic carbocycles. The fourth-order valence-corrected chi connectivity index (χ4v) is 2.75.